The molecule has 2 aromatic carbocycles. The molecule has 33 heavy (non-hydrogen) atoms. The first-order valence-corrected chi connectivity index (χ1v) is 12.3. The van der Waals surface area contributed by atoms with Crippen LogP contribution in [0.5, 0.6) is 5.75 Å². The smallest absolute Gasteiger partial charge is 0.256 e. The number of carbonyl (C=O) groups excluding carboxylic acids is 1. The highest BCUT2D eigenvalue weighted by atomic mass is 32.2. The molecule has 1 fully saturated rings. The number of fused-ring (bicyclic) bond motifs is 1. The second kappa shape index (κ2) is 9.11. The lowest BCUT2D eigenvalue weighted by atomic mass is 10.1. The van der Waals surface area contributed by atoms with Crippen LogP contribution in [-0.2, 0) is 0 Å². The van der Waals surface area contributed by atoms with E-state index < -0.39 is 4.99 Å². The van der Waals surface area contributed by atoms with Crippen molar-refractivity contribution < 1.29 is 9.53 Å². The van der Waals surface area contributed by atoms with Crippen molar-refractivity contribution in [1.82, 2.24) is 25.5 Å². The van der Waals surface area contributed by atoms with Crippen LogP contribution in [0.25, 0.3) is 22.4 Å². The predicted octanol–water partition coefficient (Wildman–Crippen LogP) is 4.22. The molecule has 3 heterocycles. The predicted molar refractivity (Wildman–Crippen MR) is 133 cm³/mol. The summed E-state index contributed by atoms with van der Waals surface area (Å²) in [6, 6.07) is 11.9. The van der Waals surface area contributed by atoms with Gasteiger partial charge in [-0.2, -0.15) is 0 Å². The van der Waals surface area contributed by atoms with Crippen LogP contribution in [0.15, 0.2) is 48.0 Å². The van der Waals surface area contributed by atoms with Gasteiger partial charge in [-0.25, -0.2) is 4.98 Å². The Morgan fingerprint density at radius 3 is 2.85 bits per heavy atom. The number of imidazole rings is 1. The van der Waals surface area contributed by atoms with Crippen molar-refractivity contribution in [3.8, 4) is 17.1 Å². The average molecular weight is 464 g/mol. The van der Waals surface area contributed by atoms with Crippen LogP contribution in [0, 0.1) is 6.92 Å². The first-order chi connectivity index (χ1) is 16.0. The van der Waals surface area contributed by atoms with Crippen LogP contribution < -0.4 is 15.4 Å². The Balaban J connectivity index is 1.42. The molecule has 3 N–H and O–H groups in total. The molecule has 5 rings (SSSR count). The number of aryl methyl sites for hydroxylation is 1. The van der Waals surface area contributed by atoms with Crippen LogP contribution in [-0.4, -0.2) is 52.0 Å². The molecular weight excluding hydrogens is 434 g/mol. The highest BCUT2D eigenvalue weighted by Gasteiger charge is 2.30. The van der Waals surface area contributed by atoms with Gasteiger partial charge in [-0.05, 0) is 68.9 Å². The van der Waals surface area contributed by atoms with E-state index in [9.17, 15) is 4.79 Å². The van der Waals surface area contributed by atoms with Gasteiger partial charge in [0.05, 0.1) is 16.6 Å². The molecule has 1 unspecified atom stereocenters. The maximum absolute atomic E-state index is 13.2. The number of H-pyrrole nitrogens is 1. The summed E-state index contributed by atoms with van der Waals surface area (Å²) in [7, 11) is 0. The Labute approximate surface area is 198 Å². The third-order valence-electron chi connectivity index (χ3n) is 6.18. The number of benzene rings is 2. The Morgan fingerprint density at radius 2 is 2.06 bits per heavy atom. The van der Waals surface area contributed by atoms with Crippen molar-refractivity contribution in [2.45, 2.75) is 31.7 Å². The van der Waals surface area contributed by atoms with Crippen molar-refractivity contribution in [3.63, 3.8) is 0 Å². The molecule has 7 nitrogen and oxygen atoms in total. The number of thioether (sulfide) groups is 1. The van der Waals surface area contributed by atoms with Crippen molar-refractivity contribution in [2.75, 3.05) is 26.2 Å². The summed E-state index contributed by atoms with van der Waals surface area (Å²) in [6.07, 6.45) is 4.39. The largest absolute Gasteiger partial charge is 0.491 e. The normalized spacial score (nSPS) is 20.3. The minimum absolute atomic E-state index is 0.155. The number of aromatic amines is 1. The molecule has 172 valence electrons. The maximum Gasteiger partial charge on any atom is 0.256 e. The second-order valence-electron chi connectivity index (χ2n) is 8.68. The van der Waals surface area contributed by atoms with Gasteiger partial charge in [0.2, 0.25) is 0 Å². The van der Waals surface area contributed by atoms with Crippen LogP contribution in [0.4, 0.5) is 0 Å². The maximum atomic E-state index is 13.2. The fourth-order valence-corrected chi connectivity index (χ4v) is 5.11. The van der Waals surface area contributed by atoms with E-state index in [4.69, 9.17) is 9.72 Å². The number of rotatable bonds is 7. The van der Waals surface area contributed by atoms with Crippen molar-refractivity contribution in [1.29, 1.82) is 0 Å². The summed E-state index contributed by atoms with van der Waals surface area (Å²) in [6.45, 7) is 7.76. The molecule has 0 aliphatic carbocycles. The van der Waals surface area contributed by atoms with Gasteiger partial charge in [0.25, 0.3) is 5.91 Å². The molecule has 1 aromatic heterocycles. The van der Waals surface area contributed by atoms with Gasteiger partial charge in [0, 0.05) is 12.7 Å². The summed E-state index contributed by atoms with van der Waals surface area (Å²) in [5, 5.41) is 8.20. The topological polar surface area (TPSA) is 82.3 Å². The standard InChI is InChI=1S/C25H29N5O2S/c1-17-9-10-19-22(21(17)24(31)29-25(2)26-11-16-33-25)28-23(27-19)18-7-3-4-8-20(18)32-15-14-30-12-5-6-13-30/h3-4,7-11,16,26H,5-6,12-15H2,1-2H3,(H,27,28)(H,29,31). The lowest BCUT2D eigenvalue weighted by molar-refractivity contribution is 0.0930. The molecule has 0 spiro atoms. The molecule has 3 aromatic rings. The van der Waals surface area contributed by atoms with Crippen molar-refractivity contribution in [3.05, 3.63) is 59.1 Å². The molecule has 2 aliphatic heterocycles. The molecule has 0 radical (unpaired) electrons. The first-order valence-electron chi connectivity index (χ1n) is 11.4. The highest BCUT2D eigenvalue weighted by molar-refractivity contribution is 8.03. The van der Waals surface area contributed by atoms with Crippen LogP contribution in [0.3, 0.4) is 0 Å². The van der Waals surface area contributed by atoms with Crippen molar-refractivity contribution in [2.24, 2.45) is 0 Å². The molecule has 1 saturated heterocycles. The van der Waals surface area contributed by atoms with Gasteiger partial charge in [0.1, 0.15) is 23.7 Å². The monoisotopic (exact) mass is 463 g/mol. The molecular formula is C25H29N5O2S. The molecule has 1 atom stereocenters. The number of para-hydroxylation sites is 1. The summed E-state index contributed by atoms with van der Waals surface area (Å²) in [5.41, 5.74) is 3.84. The van der Waals surface area contributed by atoms with Crippen LogP contribution >= 0.6 is 11.8 Å². The van der Waals surface area contributed by atoms with E-state index in [0.29, 0.717) is 23.5 Å². The Hall–Kier alpha value is -2.97. The molecule has 1 amide bonds. The summed E-state index contributed by atoms with van der Waals surface area (Å²) >= 11 is 1.53. The van der Waals surface area contributed by atoms with Crippen LogP contribution in [0.2, 0.25) is 0 Å². The zero-order valence-corrected chi connectivity index (χ0v) is 19.8. The van der Waals surface area contributed by atoms with Gasteiger partial charge in [-0.3, -0.25) is 9.69 Å². The number of aromatic nitrogens is 2. The number of carbonyl (C=O) groups is 1. The number of hydrogen-bond donors (Lipinski definition) is 3. The molecule has 0 bridgehead atoms. The SMILES string of the molecule is Cc1ccc2[nH]c(-c3ccccc3OCCN3CCCC3)nc2c1C(=O)NC1(C)NC=CS1. The first kappa shape index (κ1) is 21.9. The zero-order chi connectivity index (χ0) is 22.8. The fraction of sp³-hybridized carbons (Fsp3) is 0.360. The van der Waals surface area contributed by atoms with Crippen LogP contribution in [0.1, 0.15) is 35.7 Å². The number of likely N-dealkylation sites (tertiary alicyclic amines) is 1. The van der Waals surface area contributed by atoms with Gasteiger partial charge < -0.3 is 20.4 Å². The summed E-state index contributed by atoms with van der Waals surface area (Å²) in [5.74, 6) is 1.34. The van der Waals surface area contributed by atoms with Gasteiger partial charge in [0.15, 0.2) is 4.99 Å². The Bertz CT molecular complexity index is 1190. The van der Waals surface area contributed by atoms with E-state index in [1.807, 2.05) is 61.9 Å². The quantitative estimate of drug-likeness (QED) is 0.487. The zero-order valence-electron chi connectivity index (χ0n) is 19.0. The minimum atomic E-state index is -0.569. The number of hydrogen-bond acceptors (Lipinski definition) is 6. The molecule has 0 saturated carbocycles. The fourth-order valence-electron chi connectivity index (χ4n) is 4.41. The van der Waals surface area contributed by atoms with Gasteiger partial charge in [-0.1, -0.05) is 30.0 Å². The van der Waals surface area contributed by atoms with Crippen molar-refractivity contribution >= 4 is 28.7 Å². The van der Waals surface area contributed by atoms with E-state index in [1.54, 1.807) is 0 Å². The Morgan fingerprint density at radius 1 is 1.24 bits per heavy atom. The second-order valence-corrected chi connectivity index (χ2v) is 10.0. The number of nitrogens with zero attached hydrogens (tertiary/aromatic N) is 2. The van der Waals surface area contributed by atoms with Gasteiger partial charge in [-0.15, -0.1) is 0 Å². The van der Waals surface area contributed by atoms with E-state index in [0.717, 1.165) is 42.0 Å². The number of amides is 1. The summed E-state index contributed by atoms with van der Waals surface area (Å²) < 4.78 is 6.15. The molecule has 2 aliphatic rings. The third-order valence-corrected chi connectivity index (χ3v) is 7.14. The Kier molecular flexibility index (Phi) is 6.03. The molecule has 8 heteroatoms. The lowest BCUT2D eigenvalue weighted by Gasteiger charge is -2.25. The van der Waals surface area contributed by atoms with E-state index in [-0.39, 0.29) is 5.91 Å². The third kappa shape index (κ3) is 4.58. The van der Waals surface area contributed by atoms with Gasteiger partial charge >= 0.3 is 0 Å². The van der Waals surface area contributed by atoms with E-state index in [2.05, 4.69) is 20.5 Å². The number of nitrogens with one attached hydrogen (secondary N) is 3. The number of ether oxygens (including phenoxy) is 1. The highest BCUT2D eigenvalue weighted by Crippen LogP contribution is 2.32. The average Bonchev–Trinajstić information content (AvgIpc) is 3.55. The van der Waals surface area contributed by atoms with E-state index in [1.165, 1.54) is 24.6 Å². The van der Waals surface area contributed by atoms with E-state index >= 15 is 0 Å². The minimum Gasteiger partial charge on any atom is -0.491 e. The summed E-state index contributed by atoms with van der Waals surface area (Å²) in [4.78, 5) is 23.4. The lowest BCUT2D eigenvalue weighted by Crippen LogP contribution is -2.50.